The maximum absolute atomic E-state index is 13.4. The molecule has 0 aliphatic heterocycles. The molecule has 32 heavy (non-hydrogen) atoms. The molecule has 0 saturated heterocycles. The van der Waals surface area contributed by atoms with E-state index in [4.69, 9.17) is 16.7 Å². The summed E-state index contributed by atoms with van der Waals surface area (Å²) >= 11 is 7.33. The molecule has 3 aromatic rings. The normalized spacial score (nSPS) is 11.2. The van der Waals surface area contributed by atoms with E-state index in [0.717, 1.165) is 20.5 Å². The number of rotatable bonds is 8. The quantitative estimate of drug-likeness (QED) is 0.489. The van der Waals surface area contributed by atoms with Crippen molar-refractivity contribution in [2.45, 2.75) is 24.6 Å². The number of nitrogens with zero attached hydrogens (tertiary/aromatic N) is 1. The van der Waals surface area contributed by atoms with Crippen LogP contribution in [0.5, 0.6) is 0 Å². The third kappa shape index (κ3) is 5.29. The number of hydrogen-bond donors (Lipinski definition) is 2. The first-order valence-corrected chi connectivity index (χ1v) is 12.2. The molecule has 0 radical (unpaired) electrons. The highest BCUT2D eigenvalue weighted by Gasteiger charge is 2.30. The second kappa shape index (κ2) is 9.72. The highest BCUT2D eigenvalue weighted by atomic mass is 35.5. The van der Waals surface area contributed by atoms with Gasteiger partial charge in [-0.25, -0.2) is 13.2 Å². The number of carbonyl (C=O) groups excluding carboxylic acids is 1. The van der Waals surface area contributed by atoms with Crippen LogP contribution in [0, 0.1) is 13.8 Å². The second-order valence-corrected chi connectivity index (χ2v) is 10.8. The van der Waals surface area contributed by atoms with Crippen LogP contribution >= 0.6 is 22.9 Å². The number of carboxylic acid groups (broad SMARTS) is 1. The van der Waals surface area contributed by atoms with Crippen molar-refractivity contribution in [1.82, 2.24) is 5.32 Å². The van der Waals surface area contributed by atoms with E-state index >= 15 is 0 Å². The van der Waals surface area contributed by atoms with E-state index in [0.29, 0.717) is 21.8 Å². The number of sulfonamides is 1. The molecule has 0 unspecified atom stereocenters. The Morgan fingerprint density at radius 1 is 1.09 bits per heavy atom. The molecule has 0 aliphatic rings. The van der Waals surface area contributed by atoms with Gasteiger partial charge in [0.15, 0.2) is 0 Å². The lowest BCUT2D eigenvalue weighted by Crippen LogP contribution is -2.40. The topological polar surface area (TPSA) is 104 Å². The summed E-state index contributed by atoms with van der Waals surface area (Å²) in [5.41, 5.74) is 1.53. The van der Waals surface area contributed by atoms with Crippen molar-refractivity contribution in [3.05, 3.63) is 81.2 Å². The van der Waals surface area contributed by atoms with Gasteiger partial charge < -0.3 is 10.4 Å². The molecule has 1 aromatic heterocycles. The van der Waals surface area contributed by atoms with Crippen LogP contribution in [-0.4, -0.2) is 31.9 Å². The molecule has 2 aromatic carbocycles. The summed E-state index contributed by atoms with van der Waals surface area (Å²) in [5, 5.41) is 12.2. The Balaban J connectivity index is 1.87. The van der Waals surface area contributed by atoms with E-state index < -0.39 is 28.4 Å². The Morgan fingerprint density at radius 3 is 2.47 bits per heavy atom. The number of carboxylic acids is 1. The van der Waals surface area contributed by atoms with Gasteiger partial charge in [0.1, 0.15) is 10.8 Å². The molecule has 3 rings (SSSR count). The number of anilines is 1. The zero-order chi connectivity index (χ0) is 23.5. The first-order chi connectivity index (χ1) is 15.1. The zero-order valence-electron chi connectivity index (χ0n) is 17.3. The van der Waals surface area contributed by atoms with E-state index in [9.17, 15) is 18.0 Å². The smallest absolute Gasteiger partial charge is 0.335 e. The lowest BCUT2D eigenvalue weighted by molar-refractivity contribution is -0.119. The van der Waals surface area contributed by atoms with Crippen molar-refractivity contribution in [3.8, 4) is 0 Å². The van der Waals surface area contributed by atoms with Gasteiger partial charge >= 0.3 is 5.97 Å². The van der Waals surface area contributed by atoms with Gasteiger partial charge in [-0.05, 0) is 61.4 Å². The van der Waals surface area contributed by atoms with Crippen LogP contribution in [0.3, 0.4) is 0 Å². The van der Waals surface area contributed by atoms with Crippen LogP contribution in [0.2, 0.25) is 5.02 Å². The van der Waals surface area contributed by atoms with Gasteiger partial charge in [-0.1, -0.05) is 29.8 Å². The third-order valence-electron chi connectivity index (χ3n) is 4.72. The van der Waals surface area contributed by atoms with Gasteiger partial charge in [0.25, 0.3) is 10.0 Å². The fraction of sp³-hybridized carbons (Fsp3) is 0.182. The largest absolute Gasteiger partial charge is 0.478 e. The summed E-state index contributed by atoms with van der Waals surface area (Å²) < 4.78 is 27.9. The summed E-state index contributed by atoms with van der Waals surface area (Å²) in [6.45, 7) is 3.09. The molecule has 0 spiro atoms. The first kappa shape index (κ1) is 23.8. The van der Waals surface area contributed by atoms with E-state index in [-0.39, 0.29) is 16.3 Å². The Hall–Kier alpha value is -2.88. The second-order valence-electron chi connectivity index (χ2n) is 7.04. The van der Waals surface area contributed by atoms with Crippen LogP contribution in [0.15, 0.2) is 58.8 Å². The number of amides is 1. The van der Waals surface area contributed by atoms with E-state index in [2.05, 4.69) is 5.32 Å². The van der Waals surface area contributed by atoms with Crippen molar-refractivity contribution < 1.29 is 23.1 Å². The first-order valence-electron chi connectivity index (χ1n) is 9.53. The fourth-order valence-electron chi connectivity index (χ4n) is 3.03. The highest BCUT2D eigenvalue weighted by molar-refractivity contribution is 7.94. The van der Waals surface area contributed by atoms with Crippen LogP contribution in [0.25, 0.3) is 0 Å². The molecule has 168 valence electrons. The minimum atomic E-state index is -4.01. The van der Waals surface area contributed by atoms with Crippen molar-refractivity contribution >= 4 is 50.5 Å². The summed E-state index contributed by atoms with van der Waals surface area (Å²) in [7, 11) is -4.01. The molecule has 0 atom stereocenters. The SMILES string of the molecule is Cc1ccc(S(=O)(=O)N(CC(=O)NCc2cccc(C(=O)O)c2)c2cccc(Cl)c2C)s1. The predicted molar refractivity (Wildman–Crippen MR) is 125 cm³/mol. The molecule has 0 saturated carbocycles. The average Bonchev–Trinajstić information content (AvgIpc) is 3.20. The zero-order valence-corrected chi connectivity index (χ0v) is 19.7. The lowest BCUT2D eigenvalue weighted by atomic mass is 10.1. The molecular weight excluding hydrogens is 472 g/mol. The minimum Gasteiger partial charge on any atom is -0.478 e. The molecule has 0 fully saturated rings. The maximum atomic E-state index is 13.4. The Labute approximate surface area is 195 Å². The number of hydrogen-bond acceptors (Lipinski definition) is 5. The van der Waals surface area contributed by atoms with Crippen molar-refractivity contribution in [3.63, 3.8) is 0 Å². The summed E-state index contributed by atoms with van der Waals surface area (Å²) in [6.07, 6.45) is 0. The lowest BCUT2D eigenvalue weighted by Gasteiger charge is -2.25. The monoisotopic (exact) mass is 492 g/mol. The molecule has 10 heteroatoms. The number of carbonyl (C=O) groups is 2. The van der Waals surface area contributed by atoms with Gasteiger partial charge in [-0.2, -0.15) is 0 Å². The highest BCUT2D eigenvalue weighted by Crippen LogP contribution is 2.32. The molecule has 2 N–H and O–H groups in total. The van der Waals surface area contributed by atoms with Crippen LogP contribution in [0.1, 0.15) is 26.4 Å². The maximum Gasteiger partial charge on any atom is 0.335 e. The van der Waals surface area contributed by atoms with E-state index in [1.54, 1.807) is 50.2 Å². The number of benzene rings is 2. The molecule has 1 heterocycles. The summed E-state index contributed by atoms with van der Waals surface area (Å²) in [5.74, 6) is -1.61. The number of aromatic carboxylic acids is 1. The van der Waals surface area contributed by atoms with E-state index in [1.165, 1.54) is 18.2 Å². The number of thiophene rings is 1. The standard InChI is InChI=1S/C22H21ClN2O5S2/c1-14-9-10-21(31-14)32(29,30)25(19-8-4-7-18(23)15(19)2)13-20(26)24-12-16-5-3-6-17(11-16)22(27)28/h3-11H,12-13H2,1-2H3,(H,24,26)(H,27,28). The van der Waals surface area contributed by atoms with Gasteiger partial charge in [0.2, 0.25) is 5.91 Å². The molecule has 0 aliphatic carbocycles. The third-order valence-corrected chi connectivity index (χ3v) is 8.36. The summed E-state index contributed by atoms with van der Waals surface area (Å²) in [6, 6.07) is 14.3. The predicted octanol–water partition coefficient (Wildman–Crippen LogP) is 4.23. The fourth-order valence-corrected chi connectivity index (χ4v) is 6.07. The van der Waals surface area contributed by atoms with Crippen molar-refractivity contribution in [2.75, 3.05) is 10.8 Å². The molecular formula is C22H21ClN2O5S2. The molecule has 0 bridgehead atoms. The van der Waals surface area contributed by atoms with Gasteiger partial charge in [-0.3, -0.25) is 9.10 Å². The average molecular weight is 493 g/mol. The van der Waals surface area contributed by atoms with Crippen molar-refractivity contribution in [1.29, 1.82) is 0 Å². The van der Waals surface area contributed by atoms with Crippen molar-refractivity contribution in [2.24, 2.45) is 0 Å². The molecule has 7 nitrogen and oxygen atoms in total. The number of aryl methyl sites for hydroxylation is 1. The Bertz CT molecular complexity index is 1270. The number of nitrogens with one attached hydrogen (secondary N) is 1. The van der Waals surface area contributed by atoms with Gasteiger partial charge in [0.05, 0.1) is 11.3 Å². The Kier molecular flexibility index (Phi) is 7.22. The summed E-state index contributed by atoms with van der Waals surface area (Å²) in [4.78, 5) is 24.7. The number of halogens is 1. The Morgan fingerprint density at radius 2 is 1.81 bits per heavy atom. The minimum absolute atomic E-state index is 0.0560. The van der Waals surface area contributed by atoms with E-state index in [1.807, 2.05) is 0 Å². The van der Waals surface area contributed by atoms with Crippen LogP contribution in [0.4, 0.5) is 5.69 Å². The van der Waals surface area contributed by atoms with Crippen LogP contribution < -0.4 is 9.62 Å². The van der Waals surface area contributed by atoms with Gasteiger partial charge in [-0.15, -0.1) is 11.3 Å². The van der Waals surface area contributed by atoms with Crippen LogP contribution in [-0.2, 0) is 21.4 Å². The van der Waals surface area contributed by atoms with Gasteiger partial charge in [0, 0.05) is 16.4 Å². The molecule has 1 amide bonds.